The number of halogens is 1. The molecule has 0 aliphatic carbocycles. The topological polar surface area (TPSA) is 83.7 Å². The van der Waals surface area contributed by atoms with Crippen LogP contribution in [-0.2, 0) is 15.8 Å². The molecule has 0 saturated carbocycles. The van der Waals surface area contributed by atoms with Crippen LogP contribution < -0.4 is 4.90 Å². The van der Waals surface area contributed by atoms with Crippen molar-refractivity contribution in [2.24, 2.45) is 0 Å². The van der Waals surface area contributed by atoms with Crippen LogP contribution in [0.4, 0.5) is 5.82 Å². The number of sulfonamides is 1. The number of hydrogen-bond acceptors (Lipinski definition) is 6. The van der Waals surface area contributed by atoms with E-state index in [1.165, 1.54) is 10.6 Å². The third-order valence-corrected chi connectivity index (χ3v) is 6.80. The molecule has 26 heavy (non-hydrogen) atoms. The normalized spacial score (nSPS) is 15.6. The van der Waals surface area contributed by atoms with E-state index < -0.39 is 10.0 Å². The molecule has 1 aromatic carbocycles. The fraction of sp³-hybridized carbons (Fsp3) is 0.312. The minimum Gasteiger partial charge on any atom is -0.352 e. The maximum Gasteiger partial charge on any atom is 0.218 e. The molecule has 0 N–H and O–H groups in total. The van der Waals surface area contributed by atoms with E-state index in [4.69, 9.17) is 11.6 Å². The first kappa shape index (κ1) is 17.2. The lowest BCUT2D eigenvalue weighted by Gasteiger charge is -2.43. The van der Waals surface area contributed by atoms with Crippen molar-refractivity contribution < 1.29 is 8.42 Å². The largest absolute Gasteiger partial charge is 0.352 e. The quantitative estimate of drug-likeness (QED) is 0.653. The summed E-state index contributed by atoms with van der Waals surface area (Å²) in [6.07, 6.45) is 1.54. The minimum atomic E-state index is -3.45. The first-order chi connectivity index (χ1) is 12.4. The standard InChI is InChI=1S/C16H17ClN6O2S/c1-21(26(24,25)10-12-4-2-3-5-14(12)17)13-8-22(9-13)16-7-6-15-19-18-11-23(15)20-16/h2-7,11,13H,8-10H2,1H3. The van der Waals surface area contributed by atoms with Crippen LogP contribution in [0.25, 0.3) is 5.65 Å². The zero-order valence-electron chi connectivity index (χ0n) is 14.0. The fourth-order valence-electron chi connectivity index (χ4n) is 2.90. The summed E-state index contributed by atoms with van der Waals surface area (Å²) >= 11 is 6.09. The van der Waals surface area contributed by atoms with Crippen molar-refractivity contribution in [2.75, 3.05) is 25.0 Å². The molecular formula is C16H17ClN6O2S. The van der Waals surface area contributed by atoms with Gasteiger partial charge in [0.1, 0.15) is 12.1 Å². The van der Waals surface area contributed by atoms with E-state index in [9.17, 15) is 8.42 Å². The lowest BCUT2D eigenvalue weighted by Crippen LogP contribution is -2.60. The number of fused-ring (bicyclic) bond motifs is 1. The van der Waals surface area contributed by atoms with Gasteiger partial charge in [-0.05, 0) is 23.8 Å². The number of nitrogens with zero attached hydrogens (tertiary/aromatic N) is 6. The molecule has 0 bridgehead atoms. The van der Waals surface area contributed by atoms with Gasteiger partial charge in [-0.1, -0.05) is 29.8 Å². The van der Waals surface area contributed by atoms with E-state index in [1.54, 1.807) is 35.8 Å². The van der Waals surface area contributed by atoms with Crippen molar-refractivity contribution >= 4 is 33.1 Å². The zero-order chi connectivity index (χ0) is 18.3. The van der Waals surface area contributed by atoms with Gasteiger partial charge in [-0.2, -0.15) is 8.82 Å². The number of rotatable bonds is 5. The summed E-state index contributed by atoms with van der Waals surface area (Å²) in [5, 5.41) is 12.6. The molecule has 3 heterocycles. The molecule has 1 aliphatic rings. The van der Waals surface area contributed by atoms with E-state index in [-0.39, 0.29) is 11.8 Å². The molecule has 4 rings (SSSR count). The lowest BCUT2D eigenvalue weighted by molar-refractivity contribution is 0.308. The van der Waals surface area contributed by atoms with Crippen LogP contribution >= 0.6 is 11.6 Å². The number of aromatic nitrogens is 4. The average Bonchev–Trinajstić information content (AvgIpc) is 3.03. The van der Waals surface area contributed by atoms with Gasteiger partial charge in [0, 0.05) is 25.2 Å². The Balaban J connectivity index is 1.43. The molecule has 0 unspecified atom stereocenters. The smallest absolute Gasteiger partial charge is 0.218 e. The highest BCUT2D eigenvalue weighted by Crippen LogP contribution is 2.25. The molecule has 1 fully saturated rings. The Hall–Kier alpha value is -2.23. The van der Waals surface area contributed by atoms with Crippen molar-refractivity contribution in [3.05, 3.63) is 53.3 Å². The average molecular weight is 393 g/mol. The van der Waals surface area contributed by atoms with Gasteiger partial charge in [-0.15, -0.1) is 15.3 Å². The highest BCUT2D eigenvalue weighted by Gasteiger charge is 2.36. The lowest BCUT2D eigenvalue weighted by atomic mass is 10.1. The monoisotopic (exact) mass is 392 g/mol. The van der Waals surface area contributed by atoms with Gasteiger partial charge in [0.05, 0.1) is 11.8 Å². The van der Waals surface area contributed by atoms with Crippen LogP contribution in [0.2, 0.25) is 5.02 Å². The molecule has 1 aliphatic heterocycles. The van der Waals surface area contributed by atoms with Crippen LogP contribution in [0, 0.1) is 0 Å². The Labute approximate surface area is 156 Å². The summed E-state index contributed by atoms with van der Waals surface area (Å²) in [5.41, 5.74) is 1.28. The van der Waals surface area contributed by atoms with Gasteiger partial charge in [0.25, 0.3) is 0 Å². The molecule has 0 atom stereocenters. The Morgan fingerprint density at radius 3 is 2.77 bits per heavy atom. The molecule has 0 amide bonds. The molecule has 0 radical (unpaired) electrons. The highest BCUT2D eigenvalue weighted by atomic mass is 35.5. The summed E-state index contributed by atoms with van der Waals surface area (Å²) < 4.78 is 28.4. The molecule has 10 heteroatoms. The second-order valence-electron chi connectivity index (χ2n) is 6.25. The maximum atomic E-state index is 12.7. The summed E-state index contributed by atoms with van der Waals surface area (Å²) in [6, 6.07) is 10.6. The predicted octanol–water partition coefficient (Wildman–Crippen LogP) is 1.43. The Bertz CT molecular complexity index is 1050. The molecule has 1 saturated heterocycles. The van der Waals surface area contributed by atoms with Gasteiger partial charge in [-0.25, -0.2) is 8.42 Å². The maximum absolute atomic E-state index is 12.7. The number of likely N-dealkylation sites (N-methyl/N-ethyl adjacent to an activating group) is 1. The second kappa shape index (κ2) is 6.49. The molecule has 136 valence electrons. The van der Waals surface area contributed by atoms with Crippen molar-refractivity contribution in [3.63, 3.8) is 0 Å². The summed E-state index contributed by atoms with van der Waals surface area (Å²) in [7, 11) is -1.83. The van der Waals surface area contributed by atoms with Crippen LogP contribution in [-0.4, -0.2) is 58.7 Å². The zero-order valence-corrected chi connectivity index (χ0v) is 15.6. The Morgan fingerprint density at radius 1 is 1.23 bits per heavy atom. The van der Waals surface area contributed by atoms with E-state index in [0.717, 1.165) is 5.82 Å². The van der Waals surface area contributed by atoms with Crippen molar-refractivity contribution in [1.82, 2.24) is 24.1 Å². The van der Waals surface area contributed by atoms with Gasteiger partial charge < -0.3 is 4.90 Å². The van der Waals surface area contributed by atoms with Crippen molar-refractivity contribution in [1.29, 1.82) is 0 Å². The van der Waals surface area contributed by atoms with Crippen LogP contribution in [0.15, 0.2) is 42.7 Å². The molecule has 3 aromatic rings. The van der Waals surface area contributed by atoms with Gasteiger partial charge in [0.15, 0.2) is 5.65 Å². The number of anilines is 1. The summed E-state index contributed by atoms with van der Waals surface area (Å²) in [4.78, 5) is 2.02. The van der Waals surface area contributed by atoms with Gasteiger partial charge >= 0.3 is 0 Å². The highest BCUT2D eigenvalue weighted by molar-refractivity contribution is 7.88. The minimum absolute atomic E-state index is 0.0964. The molecule has 8 nitrogen and oxygen atoms in total. The molecule has 0 spiro atoms. The summed E-state index contributed by atoms with van der Waals surface area (Å²) in [6.45, 7) is 1.16. The van der Waals surface area contributed by atoms with Crippen molar-refractivity contribution in [3.8, 4) is 0 Å². The van der Waals surface area contributed by atoms with E-state index in [1.807, 2.05) is 17.0 Å². The third-order valence-electron chi connectivity index (χ3n) is 4.58. The first-order valence-corrected chi connectivity index (χ1v) is 10.0. The van der Waals surface area contributed by atoms with E-state index >= 15 is 0 Å². The third kappa shape index (κ3) is 3.13. The van der Waals surface area contributed by atoms with Crippen LogP contribution in [0.3, 0.4) is 0 Å². The van der Waals surface area contributed by atoms with Gasteiger partial charge in [-0.3, -0.25) is 0 Å². The van der Waals surface area contributed by atoms with Crippen LogP contribution in [0.1, 0.15) is 5.56 Å². The van der Waals surface area contributed by atoms with Crippen molar-refractivity contribution in [2.45, 2.75) is 11.8 Å². The summed E-state index contributed by atoms with van der Waals surface area (Å²) in [5.74, 6) is 0.662. The van der Waals surface area contributed by atoms with Gasteiger partial charge in [0.2, 0.25) is 10.0 Å². The first-order valence-electron chi connectivity index (χ1n) is 8.05. The Kier molecular flexibility index (Phi) is 4.29. The number of hydrogen-bond donors (Lipinski definition) is 0. The Morgan fingerprint density at radius 2 is 2.00 bits per heavy atom. The second-order valence-corrected chi connectivity index (χ2v) is 8.68. The molecular weight excluding hydrogens is 376 g/mol. The number of benzene rings is 1. The fourth-order valence-corrected chi connectivity index (χ4v) is 4.62. The van der Waals surface area contributed by atoms with E-state index in [2.05, 4.69) is 15.3 Å². The SMILES string of the molecule is CN(C1CN(c2ccc3nncn3n2)C1)S(=O)(=O)Cc1ccccc1Cl. The van der Waals surface area contributed by atoms with Crippen LogP contribution in [0.5, 0.6) is 0 Å². The van der Waals surface area contributed by atoms with E-state index in [0.29, 0.717) is 29.3 Å². The predicted molar refractivity (Wildman–Crippen MR) is 98.6 cm³/mol. The molecule has 2 aromatic heterocycles.